The number of benzene rings is 1. The number of nitrogens with two attached hydrogens (primary N) is 1. The lowest BCUT2D eigenvalue weighted by Crippen LogP contribution is -2.16. The van der Waals surface area contributed by atoms with Gasteiger partial charge in [-0.25, -0.2) is 0 Å². The van der Waals surface area contributed by atoms with Crippen LogP contribution in [0.15, 0.2) is 18.2 Å². The molecule has 0 fully saturated rings. The van der Waals surface area contributed by atoms with E-state index in [-0.39, 0.29) is 6.04 Å². The van der Waals surface area contributed by atoms with Gasteiger partial charge >= 0.3 is 0 Å². The van der Waals surface area contributed by atoms with Crippen molar-refractivity contribution in [2.45, 2.75) is 45.1 Å². The van der Waals surface area contributed by atoms with Crippen molar-refractivity contribution < 1.29 is 9.47 Å². The summed E-state index contributed by atoms with van der Waals surface area (Å²) in [6.07, 6.45) is 3.19. The molecule has 0 radical (unpaired) electrons. The quantitative estimate of drug-likeness (QED) is 0.808. The molecule has 0 spiro atoms. The van der Waals surface area contributed by atoms with Gasteiger partial charge in [0, 0.05) is 11.6 Å². The standard InChI is InChI=1S/C15H25NO2/c1-5-12(7-6-11(2)16)14-10-13(17-3)8-9-15(14)18-4/h8-12H,5-7,16H2,1-4H3. The molecular weight excluding hydrogens is 226 g/mol. The monoisotopic (exact) mass is 251 g/mol. The molecule has 1 aromatic carbocycles. The highest BCUT2D eigenvalue weighted by Gasteiger charge is 2.16. The van der Waals surface area contributed by atoms with Crippen molar-refractivity contribution in [3.63, 3.8) is 0 Å². The zero-order valence-electron chi connectivity index (χ0n) is 11.9. The Morgan fingerprint density at radius 3 is 2.39 bits per heavy atom. The van der Waals surface area contributed by atoms with Crippen molar-refractivity contribution in [1.29, 1.82) is 0 Å². The lowest BCUT2D eigenvalue weighted by Gasteiger charge is -2.20. The van der Waals surface area contributed by atoms with E-state index in [1.807, 2.05) is 12.1 Å². The maximum absolute atomic E-state index is 5.84. The minimum Gasteiger partial charge on any atom is -0.497 e. The number of methoxy groups -OCH3 is 2. The predicted molar refractivity (Wildman–Crippen MR) is 75.5 cm³/mol. The van der Waals surface area contributed by atoms with Crippen molar-refractivity contribution in [2.75, 3.05) is 14.2 Å². The van der Waals surface area contributed by atoms with Gasteiger partial charge in [-0.15, -0.1) is 0 Å². The van der Waals surface area contributed by atoms with Gasteiger partial charge in [-0.2, -0.15) is 0 Å². The van der Waals surface area contributed by atoms with Gasteiger partial charge < -0.3 is 15.2 Å². The van der Waals surface area contributed by atoms with Crippen molar-refractivity contribution >= 4 is 0 Å². The lowest BCUT2D eigenvalue weighted by atomic mass is 9.90. The zero-order valence-corrected chi connectivity index (χ0v) is 11.9. The second kappa shape index (κ2) is 7.27. The Bertz CT molecular complexity index is 364. The van der Waals surface area contributed by atoms with Crippen LogP contribution >= 0.6 is 0 Å². The summed E-state index contributed by atoms with van der Waals surface area (Å²) in [5.74, 6) is 2.29. The predicted octanol–water partition coefficient (Wildman–Crippen LogP) is 3.32. The van der Waals surface area contributed by atoms with E-state index < -0.39 is 0 Å². The summed E-state index contributed by atoms with van der Waals surface area (Å²) < 4.78 is 10.7. The van der Waals surface area contributed by atoms with Crippen molar-refractivity contribution in [2.24, 2.45) is 5.73 Å². The Morgan fingerprint density at radius 1 is 1.17 bits per heavy atom. The van der Waals surface area contributed by atoms with E-state index in [4.69, 9.17) is 15.2 Å². The molecule has 0 amide bonds. The van der Waals surface area contributed by atoms with Gasteiger partial charge in [0.2, 0.25) is 0 Å². The van der Waals surface area contributed by atoms with E-state index in [0.717, 1.165) is 30.8 Å². The largest absolute Gasteiger partial charge is 0.497 e. The number of ether oxygens (including phenoxy) is 2. The zero-order chi connectivity index (χ0) is 13.5. The molecular formula is C15H25NO2. The molecule has 0 aliphatic heterocycles. The summed E-state index contributed by atoms with van der Waals surface area (Å²) in [6.45, 7) is 4.25. The lowest BCUT2D eigenvalue weighted by molar-refractivity contribution is 0.391. The average molecular weight is 251 g/mol. The van der Waals surface area contributed by atoms with E-state index in [9.17, 15) is 0 Å². The maximum atomic E-state index is 5.84. The van der Waals surface area contributed by atoms with Gasteiger partial charge in [0.05, 0.1) is 14.2 Å². The van der Waals surface area contributed by atoms with Crippen LogP contribution in [0.4, 0.5) is 0 Å². The maximum Gasteiger partial charge on any atom is 0.122 e. The minimum absolute atomic E-state index is 0.246. The summed E-state index contributed by atoms with van der Waals surface area (Å²) >= 11 is 0. The molecule has 0 aliphatic carbocycles. The van der Waals surface area contributed by atoms with Crippen LogP contribution in [0.5, 0.6) is 11.5 Å². The Balaban J connectivity index is 2.94. The average Bonchev–Trinajstić information content (AvgIpc) is 2.38. The third-order valence-corrected chi connectivity index (χ3v) is 3.34. The highest BCUT2D eigenvalue weighted by Crippen LogP contribution is 2.35. The molecule has 1 aromatic rings. The fourth-order valence-electron chi connectivity index (χ4n) is 2.20. The van der Waals surface area contributed by atoms with Crippen LogP contribution in [0.3, 0.4) is 0 Å². The van der Waals surface area contributed by atoms with Crippen LogP contribution < -0.4 is 15.2 Å². The summed E-state index contributed by atoms with van der Waals surface area (Å²) in [4.78, 5) is 0. The molecule has 0 heterocycles. The summed E-state index contributed by atoms with van der Waals surface area (Å²) in [5.41, 5.74) is 7.07. The van der Waals surface area contributed by atoms with E-state index in [1.54, 1.807) is 14.2 Å². The van der Waals surface area contributed by atoms with Gasteiger partial charge in [0.1, 0.15) is 11.5 Å². The van der Waals surface area contributed by atoms with Crippen molar-refractivity contribution in [3.05, 3.63) is 23.8 Å². The highest BCUT2D eigenvalue weighted by atomic mass is 16.5. The fraction of sp³-hybridized carbons (Fsp3) is 0.600. The Kier molecular flexibility index (Phi) is 5.99. The smallest absolute Gasteiger partial charge is 0.122 e. The molecule has 3 heteroatoms. The minimum atomic E-state index is 0.246. The first-order valence-electron chi connectivity index (χ1n) is 6.59. The molecule has 0 aliphatic rings. The van der Waals surface area contributed by atoms with Crippen LogP contribution in [0.1, 0.15) is 44.6 Å². The summed E-state index contributed by atoms with van der Waals surface area (Å²) in [5, 5.41) is 0. The molecule has 0 saturated carbocycles. The number of rotatable bonds is 7. The third-order valence-electron chi connectivity index (χ3n) is 3.34. The van der Waals surface area contributed by atoms with Crippen LogP contribution in [0.2, 0.25) is 0 Å². The van der Waals surface area contributed by atoms with Gasteiger partial charge in [-0.1, -0.05) is 6.92 Å². The molecule has 1 rings (SSSR count). The van der Waals surface area contributed by atoms with Gasteiger partial charge in [-0.05, 0) is 50.3 Å². The van der Waals surface area contributed by atoms with Crippen LogP contribution in [-0.2, 0) is 0 Å². The molecule has 2 atom stereocenters. The molecule has 2 unspecified atom stereocenters. The molecule has 102 valence electrons. The number of hydrogen-bond donors (Lipinski definition) is 1. The van der Waals surface area contributed by atoms with Crippen molar-refractivity contribution in [1.82, 2.24) is 0 Å². The first kappa shape index (κ1) is 14.8. The molecule has 2 N–H and O–H groups in total. The van der Waals surface area contributed by atoms with Gasteiger partial charge in [-0.3, -0.25) is 0 Å². The summed E-state index contributed by atoms with van der Waals surface area (Å²) in [6, 6.07) is 6.23. The summed E-state index contributed by atoms with van der Waals surface area (Å²) in [7, 11) is 3.40. The van der Waals surface area contributed by atoms with E-state index in [1.165, 1.54) is 5.56 Å². The first-order chi connectivity index (χ1) is 8.62. The Morgan fingerprint density at radius 2 is 1.89 bits per heavy atom. The van der Waals surface area contributed by atoms with Crippen molar-refractivity contribution in [3.8, 4) is 11.5 Å². The molecule has 3 nitrogen and oxygen atoms in total. The Labute approximate surface area is 110 Å². The second-order valence-corrected chi connectivity index (χ2v) is 4.77. The molecule has 18 heavy (non-hydrogen) atoms. The van der Waals surface area contributed by atoms with Crippen LogP contribution in [-0.4, -0.2) is 20.3 Å². The van der Waals surface area contributed by atoms with Gasteiger partial charge in [0.25, 0.3) is 0 Å². The van der Waals surface area contributed by atoms with Crippen LogP contribution in [0, 0.1) is 0 Å². The SMILES string of the molecule is CCC(CCC(C)N)c1cc(OC)ccc1OC. The molecule has 0 aromatic heterocycles. The number of hydrogen-bond acceptors (Lipinski definition) is 3. The first-order valence-corrected chi connectivity index (χ1v) is 6.59. The molecule has 0 bridgehead atoms. The third kappa shape index (κ3) is 3.91. The van der Waals surface area contributed by atoms with E-state index >= 15 is 0 Å². The van der Waals surface area contributed by atoms with E-state index in [2.05, 4.69) is 19.9 Å². The van der Waals surface area contributed by atoms with E-state index in [0.29, 0.717) is 5.92 Å². The highest BCUT2D eigenvalue weighted by molar-refractivity contribution is 5.42. The second-order valence-electron chi connectivity index (χ2n) is 4.77. The fourth-order valence-corrected chi connectivity index (χ4v) is 2.20. The normalized spacial score (nSPS) is 14.1. The molecule has 0 saturated heterocycles. The Hall–Kier alpha value is -1.22. The topological polar surface area (TPSA) is 44.5 Å². The van der Waals surface area contributed by atoms with Crippen LogP contribution in [0.25, 0.3) is 0 Å². The van der Waals surface area contributed by atoms with Gasteiger partial charge in [0.15, 0.2) is 0 Å².